The Hall–Kier alpha value is -1.13. The van der Waals surface area contributed by atoms with Crippen LogP contribution >= 0.6 is 0 Å². The second kappa shape index (κ2) is 6.35. The van der Waals surface area contributed by atoms with Crippen molar-refractivity contribution in [2.75, 3.05) is 26.0 Å². The van der Waals surface area contributed by atoms with Crippen molar-refractivity contribution in [2.45, 2.75) is 32.6 Å². The minimum atomic E-state index is -3.33. The van der Waals surface area contributed by atoms with E-state index in [-0.39, 0.29) is 18.6 Å². The molecule has 19 heavy (non-hydrogen) atoms. The quantitative estimate of drug-likeness (QED) is 0.701. The second-order valence-electron chi connectivity index (χ2n) is 5.07. The maximum Gasteiger partial charge on any atom is 0.305 e. The summed E-state index contributed by atoms with van der Waals surface area (Å²) in [6, 6.07) is 2.24. The molecule has 0 amide bonds. The molecule has 0 N–H and O–H groups in total. The van der Waals surface area contributed by atoms with Gasteiger partial charge >= 0.3 is 5.97 Å². The van der Waals surface area contributed by atoms with Gasteiger partial charge in [0.1, 0.15) is 0 Å². The maximum absolute atomic E-state index is 12.0. The zero-order valence-corrected chi connectivity index (χ0v) is 12.2. The molecule has 1 rings (SSSR count). The highest BCUT2D eigenvalue weighted by Gasteiger charge is 2.34. The lowest BCUT2D eigenvalue weighted by molar-refractivity contribution is -0.140. The summed E-state index contributed by atoms with van der Waals surface area (Å²) in [6.45, 7) is 2.61. The summed E-state index contributed by atoms with van der Waals surface area (Å²) in [5, 5.41) is 9.00. The number of hydrogen-bond donors (Lipinski definition) is 0. The molecular weight excluding hydrogens is 268 g/mol. The fourth-order valence-electron chi connectivity index (χ4n) is 2.00. The molecule has 0 saturated carbocycles. The highest BCUT2D eigenvalue weighted by Crippen LogP contribution is 2.31. The molecule has 1 saturated heterocycles. The van der Waals surface area contributed by atoms with Gasteiger partial charge in [0.2, 0.25) is 10.0 Å². The van der Waals surface area contributed by atoms with Gasteiger partial charge in [0.25, 0.3) is 0 Å². The Labute approximate surface area is 114 Å². The molecule has 1 aliphatic heterocycles. The summed E-state index contributed by atoms with van der Waals surface area (Å²) in [6.07, 6.45) is 1.49. The van der Waals surface area contributed by atoms with E-state index >= 15 is 0 Å². The van der Waals surface area contributed by atoms with Crippen LogP contribution in [0.1, 0.15) is 32.6 Å². The van der Waals surface area contributed by atoms with Crippen LogP contribution in [-0.4, -0.2) is 44.6 Å². The Kier molecular flexibility index (Phi) is 5.32. The normalized spacial score (nSPS) is 19.6. The van der Waals surface area contributed by atoms with Crippen LogP contribution in [0.15, 0.2) is 0 Å². The molecule has 0 unspecified atom stereocenters. The van der Waals surface area contributed by atoms with Gasteiger partial charge in [-0.3, -0.25) is 4.79 Å². The van der Waals surface area contributed by atoms with Crippen LogP contribution in [0.3, 0.4) is 0 Å². The third kappa shape index (κ3) is 4.48. The zero-order chi connectivity index (χ0) is 14.5. The van der Waals surface area contributed by atoms with Crippen molar-refractivity contribution < 1.29 is 17.9 Å². The number of methoxy groups -OCH3 is 1. The van der Waals surface area contributed by atoms with Gasteiger partial charge in [-0.1, -0.05) is 0 Å². The van der Waals surface area contributed by atoms with Gasteiger partial charge in [0, 0.05) is 19.5 Å². The maximum atomic E-state index is 12.0. The molecule has 0 aromatic heterocycles. The first kappa shape index (κ1) is 15.9. The molecule has 7 heteroatoms. The number of sulfonamides is 1. The Morgan fingerprint density at radius 2 is 2.00 bits per heavy atom. The molecule has 0 aliphatic carbocycles. The fraction of sp³-hybridized carbons (Fsp3) is 0.833. The highest BCUT2D eigenvalue weighted by molar-refractivity contribution is 7.89. The van der Waals surface area contributed by atoms with E-state index in [1.54, 1.807) is 0 Å². The molecule has 6 nitrogen and oxygen atoms in total. The monoisotopic (exact) mass is 288 g/mol. The van der Waals surface area contributed by atoms with Crippen molar-refractivity contribution in [3.05, 3.63) is 0 Å². The number of rotatable bonds is 5. The largest absolute Gasteiger partial charge is 0.469 e. The number of nitrogens with zero attached hydrogens (tertiary/aromatic N) is 2. The average molecular weight is 288 g/mol. The number of hydrogen-bond acceptors (Lipinski definition) is 5. The summed E-state index contributed by atoms with van der Waals surface area (Å²) in [5.41, 5.74) is -0.419. The first-order chi connectivity index (χ1) is 8.83. The van der Waals surface area contributed by atoms with E-state index in [0.29, 0.717) is 25.9 Å². The van der Waals surface area contributed by atoms with Crippen LogP contribution in [0, 0.1) is 16.7 Å². The lowest BCUT2D eigenvalue weighted by atomic mass is 9.83. The lowest BCUT2D eigenvalue weighted by Crippen LogP contribution is -2.42. The Morgan fingerprint density at radius 3 is 2.47 bits per heavy atom. The molecule has 1 fully saturated rings. The predicted octanol–water partition coefficient (Wildman–Crippen LogP) is 0.895. The third-order valence-electron chi connectivity index (χ3n) is 3.50. The first-order valence-corrected chi connectivity index (χ1v) is 7.90. The van der Waals surface area contributed by atoms with E-state index in [1.807, 2.05) is 6.92 Å². The molecule has 1 aliphatic rings. The molecule has 108 valence electrons. The van der Waals surface area contributed by atoms with Gasteiger partial charge in [-0.05, 0) is 26.2 Å². The van der Waals surface area contributed by atoms with Crippen LogP contribution in [0.25, 0.3) is 0 Å². The van der Waals surface area contributed by atoms with Gasteiger partial charge in [-0.15, -0.1) is 0 Å². The SMILES string of the molecule is COC(=O)CCCS(=O)(=O)N1CCC(C)(C#N)CC1. The summed E-state index contributed by atoms with van der Waals surface area (Å²) in [5.74, 6) is -0.448. The van der Waals surface area contributed by atoms with E-state index in [2.05, 4.69) is 10.8 Å². The van der Waals surface area contributed by atoms with Crippen molar-refractivity contribution in [1.82, 2.24) is 4.31 Å². The van der Waals surface area contributed by atoms with Gasteiger partial charge in [-0.25, -0.2) is 12.7 Å². The summed E-state index contributed by atoms with van der Waals surface area (Å²) < 4.78 is 30.0. The number of piperidine rings is 1. The summed E-state index contributed by atoms with van der Waals surface area (Å²) >= 11 is 0. The summed E-state index contributed by atoms with van der Waals surface area (Å²) in [4.78, 5) is 10.9. The molecule has 0 atom stereocenters. The Balaban J connectivity index is 2.47. The van der Waals surface area contributed by atoms with E-state index in [4.69, 9.17) is 5.26 Å². The molecule has 1 heterocycles. The molecule has 0 spiro atoms. The van der Waals surface area contributed by atoms with Crippen LogP contribution in [0.2, 0.25) is 0 Å². The highest BCUT2D eigenvalue weighted by atomic mass is 32.2. The van der Waals surface area contributed by atoms with Crippen LogP contribution in [-0.2, 0) is 19.6 Å². The van der Waals surface area contributed by atoms with Gasteiger partial charge in [0.05, 0.1) is 24.3 Å². The van der Waals surface area contributed by atoms with Crippen LogP contribution in [0.4, 0.5) is 0 Å². The minimum absolute atomic E-state index is 0.0502. The number of nitriles is 1. The molecule has 0 aromatic carbocycles. The topological polar surface area (TPSA) is 87.5 Å². The standard InChI is InChI=1S/C12H20N2O4S/c1-12(10-13)5-7-14(8-6-12)19(16,17)9-3-4-11(15)18-2/h3-9H2,1-2H3. The Bertz CT molecular complexity index is 459. The van der Waals surface area contributed by atoms with Gasteiger partial charge in [-0.2, -0.15) is 5.26 Å². The minimum Gasteiger partial charge on any atom is -0.469 e. The molecule has 0 aromatic rings. The van der Waals surface area contributed by atoms with E-state index < -0.39 is 21.4 Å². The van der Waals surface area contributed by atoms with E-state index in [1.165, 1.54) is 11.4 Å². The van der Waals surface area contributed by atoms with E-state index in [9.17, 15) is 13.2 Å². The van der Waals surface area contributed by atoms with Crippen molar-refractivity contribution in [3.63, 3.8) is 0 Å². The van der Waals surface area contributed by atoms with Crippen LogP contribution < -0.4 is 0 Å². The molecule has 0 bridgehead atoms. The molecule has 0 radical (unpaired) electrons. The van der Waals surface area contributed by atoms with Crippen molar-refractivity contribution >= 4 is 16.0 Å². The van der Waals surface area contributed by atoms with Gasteiger partial charge in [0.15, 0.2) is 0 Å². The second-order valence-corrected chi connectivity index (χ2v) is 7.16. The Morgan fingerprint density at radius 1 is 1.42 bits per heavy atom. The predicted molar refractivity (Wildman–Crippen MR) is 69.6 cm³/mol. The first-order valence-electron chi connectivity index (χ1n) is 6.29. The zero-order valence-electron chi connectivity index (χ0n) is 11.4. The van der Waals surface area contributed by atoms with E-state index in [0.717, 1.165) is 0 Å². The van der Waals surface area contributed by atoms with Crippen molar-refractivity contribution in [3.8, 4) is 6.07 Å². The smallest absolute Gasteiger partial charge is 0.305 e. The number of carbonyl (C=O) groups excluding carboxylic acids is 1. The molecular formula is C12H20N2O4S. The average Bonchev–Trinajstić information content (AvgIpc) is 2.39. The van der Waals surface area contributed by atoms with Crippen molar-refractivity contribution in [1.29, 1.82) is 5.26 Å². The number of ether oxygens (including phenoxy) is 1. The fourth-order valence-corrected chi connectivity index (χ4v) is 3.51. The number of carbonyl (C=O) groups is 1. The third-order valence-corrected chi connectivity index (χ3v) is 5.46. The van der Waals surface area contributed by atoms with Gasteiger partial charge < -0.3 is 4.74 Å². The number of esters is 1. The van der Waals surface area contributed by atoms with Crippen molar-refractivity contribution in [2.24, 2.45) is 5.41 Å². The van der Waals surface area contributed by atoms with Crippen LogP contribution in [0.5, 0.6) is 0 Å². The summed E-state index contributed by atoms with van der Waals surface area (Å²) in [7, 11) is -2.05. The lowest BCUT2D eigenvalue weighted by Gasteiger charge is -2.34.